The van der Waals surface area contributed by atoms with E-state index >= 15 is 0 Å². The molecule has 1 aliphatic heterocycles. The molecular weight excluding hydrogens is 390 g/mol. The zero-order valence-corrected chi connectivity index (χ0v) is 17.7. The van der Waals surface area contributed by atoms with Crippen molar-refractivity contribution in [3.05, 3.63) is 29.3 Å². The Morgan fingerprint density at radius 1 is 1.19 bits per heavy atom. The van der Waals surface area contributed by atoms with Crippen molar-refractivity contribution in [1.82, 2.24) is 10.6 Å². The predicted octanol–water partition coefficient (Wildman–Crippen LogP) is 1.66. The number of anilines is 1. The van der Waals surface area contributed by atoms with Crippen molar-refractivity contribution >= 4 is 39.7 Å². The van der Waals surface area contributed by atoms with Crippen molar-refractivity contribution in [3.63, 3.8) is 0 Å². The minimum Gasteiger partial charge on any atom is -0.350 e. The van der Waals surface area contributed by atoms with E-state index < -0.39 is 20.5 Å². The highest BCUT2D eigenvalue weighted by molar-refractivity contribution is 7.92. The van der Waals surface area contributed by atoms with Gasteiger partial charge in [-0.1, -0.05) is 0 Å². The number of piperidine rings is 1. The molecule has 1 aromatic rings. The van der Waals surface area contributed by atoms with Crippen LogP contribution >= 0.6 is 12.4 Å². The van der Waals surface area contributed by atoms with Crippen LogP contribution in [0, 0.1) is 6.92 Å². The molecule has 2 rings (SSSR count). The zero-order chi connectivity index (χ0) is 19.5. The second-order valence-corrected chi connectivity index (χ2v) is 9.45. The van der Waals surface area contributed by atoms with Crippen LogP contribution in [0.25, 0.3) is 0 Å². The third-order valence-corrected chi connectivity index (χ3v) is 6.70. The molecule has 0 unspecified atom stereocenters. The van der Waals surface area contributed by atoms with Crippen molar-refractivity contribution in [1.29, 1.82) is 0 Å². The maximum Gasteiger partial charge on any atom is 0.251 e. The van der Waals surface area contributed by atoms with Gasteiger partial charge in [0.1, 0.15) is 0 Å². The Labute approximate surface area is 167 Å². The summed E-state index contributed by atoms with van der Waals surface area (Å²) in [5.41, 5.74) is 1.71. The lowest BCUT2D eigenvalue weighted by Gasteiger charge is -2.34. The second-order valence-electron chi connectivity index (χ2n) is 7.13. The minimum atomic E-state index is -3.57. The topological polar surface area (TPSA) is 104 Å². The van der Waals surface area contributed by atoms with E-state index in [1.54, 1.807) is 25.1 Å². The molecule has 27 heavy (non-hydrogen) atoms. The number of hydrogen-bond acceptors (Lipinski definition) is 5. The molecule has 0 aliphatic carbocycles. The van der Waals surface area contributed by atoms with Crippen LogP contribution in [0.5, 0.6) is 0 Å². The molecule has 0 aromatic heterocycles. The molecule has 1 aliphatic rings. The normalized spacial score (nSPS) is 16.3. The number of nitrogens with one attached hydrogen (secondary N) is 3. The van der Waals surface area contributed by atoms with Gasteiger partial charge in [0.25, 0.3) is 5.91 Å². The maximum absolute atomic E-state index is 12.8. The smallest absolute Gasteiger partial charge is 0.251 e. The Morgan fingerprint density at radius 3 is 2.26 bits per heavy atom. The van der Waals surface area contributed by atoms with Gasteiger partial charge in [0.05, 0.1) is 0 Å². The van der Waals surface area contributed by atoms with Gasteiger partial charge in [-0.25, -0.2) is 8.42 Å². The standard InChI is InChI=1S/C18H27N3O4S.ClH/c1-12(2)20-16(22)15-6-5-14(11-13(15)3)21-17(23)18(26(4,24)25)7-9-19-10-8-18;/h5-6,11-12,19H,7-10H2,1-4H3,(H,20,22)(H,21,23);1H. The van der Waals surface area contributed by atoms with Gasteiger partial charge in [0.15, 0.2) is 14.6 Å². The Kier molecular flexibility index (Phi) is 7.83. The predicted molar refractivity (Wildman–Crippen MR) is 109 cm³/mol. The van der Waals surface area contributed by atoms with Crippen molar-refractivity contribution in [3.8, 4) is 0 Å². The number of rotatable bonds is 5. The van der Waals surface area contributed by atoms with Crippen LogP contribution in [-0.2, 0) is 14.6 Å². The summed E-state index contributed by atoms with van der Waals surface area (Å²) in [6, 6.07) is 4.97. The molecule has 2 amide bonds. The fourth-order valence-corrected chi connectivity index (χ4v) is 4.51. The van der Waals surface area contributed by atoms with Crippen LogP contribution in [0.3, 0.4) is 0 Å². The van der Waals surface area contributed by atoms with Gasteiger partial charge in [0.2, 0.25) is 5.91 Å². The quantitative estimate of drug-likeness (QED) is 0.675. The summed E-state index contributed by atoms with van der Waals surface area (Å²) in [7, 11) is -3.57. The number of sulfone groups is 1. The molecule has 1 fully saturated rings. The third-order valence-electron chi connectivity index (χ3n) is 4.68. The summed E-state index contributed by atoms with van der Waals surface area (Å²) in [6.45, 7) is 6.50. The number of amides is 2. The third kappa shape index (κ3) is 5.21. The van der Waals surface area contributed by atoms with Crippen LogP contribution < -0.4 is 16.0 Å². The van der Waals surface area contributed by atoms with E-state index in [-0.39, 0.29) is 37.2 Å². The van der Waals surface area contributed by atoms with E-state index in [0.29, 0.717) is 29.9 Å². The highest BCUT2D eigenvalue weighted by atomic mass is 35.5. The highest BCUT2D eigenvalue weighted by Crippen LogP contribution is 2.29. The summed E-state index contributed by atoms with van der Waals surface area (Å²) >= 11 is 0. The molecule has 3 N–H and O–H groups in total. The van der Waals surface area contributed by atoms with E-state index in [1.807, 2.05) is 13.8 Å². The van der Waals surface area contributed by atoms with Crippen LogP contribution in [0.4, 0.5) is 5.69 Å². The van der Waals surface area contributed by atoms with Gasteiger partial charge in [-0.15, -0.1) is 12.4 Å². The first-order valence-corrected chi connectivity index (χ1v) is 10.6. The largest absolute Gasteiger partial charge is 0.350 e. The summed E-state index contributed by atoms with van der Waals surface area (Å²) < 4.78 is 23.2. The Bertz CT molecular complexity index is 803. The van der Waals surface area contributed by atoms with E-state index in [9.17, 15) is 18.0 Å². The first-order valence-electron chi connectivity index (χ1n) is 8.70. The molecule has 9 heteroatoms. The van der Waals surface area contributed by atoms with Gasteiger partial charge >= 0.3 is 0 Å². The molecule has 0 spiro atoms. The Balaban J connectivity index is 0.00000364. The average Bonchev–Trinajstić information content (AvgIpc) is 2.53. The van der Waals surface area contributed by atoms with Gasteiger partial charge in [-0.3, -0.25) is 9.59 Å². The molecule has 0 saturated carbocycles. The monoisotopic (exact) mass is 417 g/mol. The summed E-state index contributed by atoms with van der Waals surface area (Å²) in [6.07, 6.45) is 1.60. The fraction of sp³-hybridized carbons (Fsp3) is 0.556. The molecule has 1 saturated heterocycles. The van der Waals surface area contributed by atoms with Crippen molar-refractivity contribution in [2.75, 3.05) is 24.7 Å². The summed E-state index contributed by atoms with van der Waals surface area (Å²) in [5.74, 6) is -0.693. The molecule has 1 aromatic carbocycles. The number of hydrogen-bond donors (Lipinski definition) is 3. The first-order chi connectivity index (χ1) is 12.1. The minimum absolute atomic E-state index is 0. The molecule has 1 heterocycles. The van der Waals surface area contributed by atoms with Crippen molar-refractivity contribution in [2.45, 2.75) is 44.4 Å². The highest BCUT2D eigenvalue weighted by Gasteiger charge is 2.48. The number of carbonyl (C=O) groups is 2. The number of benzene rings is 1. The lowest BCUT2D eigenvalue weighted by atomic mass is 9.95. The molecule has 7 nitrogen and oxygen atoms in total. The first kappa shape index (κ1) is 23.4. The lowest BCUT2D eigenvalue weighted by Crippen LogP contribution is -2.55. The summed E-state index contributed by atoms with van der Waals surface area (Å²) in [5, 5.41) is 8.64. The maximum atomic E-state index is 12.8. The van der Waals surface area contributed by atoms with Crippen molar-refractivity contribution in [2.24, 2.45) is 0 Å². The van der Waals surface area contributed by atoms with E-state index in [2.05, 4.69) is 16.0 Å². The van der Waals surface area contributed by atoms with Gasteiger partial charge in [-0.2, -0.15) is 0 Å². The van der Waals surface area contributed by atoms with Crippen LogP contribution in [0.1, 0.15) is 42.6 Å². The number of carbonyl (C=O) groups excluding carboxylic acids is 2. The average molecular weight is 418 g/mol. The lowest BCUT2D eigenvalue weighted by molar-refractivity contribution is -0.119. The number of aryl methyl sites for hydroxylation is 1. The van der Waals surface area contributed by atoms with Crippen molar-refractivity contribution < 1.29 is 18.0 Å². The SMILES string of the molecule is Cc1cc(NC(=O)C2(S(C)(=O)=O)CCNCC2)ccc1C(=O)NC(C)C.Cl. The van der Waals surface area contributed by atoms with Crippen LogP contribution in [0.2, 0.25) is 0 Å². The van der Waals surface area contributed by atoms with Gasteiger partial charge < -0.3 is 16.0 Å². The van der Waals surface area contributed by atoms with Crippen LogP contribution in [0.15, 0.2) is 18.2 Å². The van der Waals surface area contributed by atoms with E-state index in [0.717, 1.165) is 6.26 Å². The van der Waals surface area contributed by atoms with E-state index in [4.69, 9.17) is 0 Å². The fourth-order valence-electron chi connectivity index (χ4n) is 3.18. The number of halogens is 1. The Morgan fingerprint density at radius 2 is 1.78 bits per heavy atom. The second kappa shape index (κ2) is 9.03. The molecule has 152 valence electrons. The van der Waals surface area contributed by atoms with Gasteiger partial charge in [-0.05, 0) is 70.5 Å². The zero-order valence-electron chi connectivity index (χ0n) is 16.1. The van der Waals surface area contributed by atoms with Crippen LogP contribution in [-0.4, -0.2) is 50.4 Å². The molecular formula is C18H28ClN3O4S. The Hall–Kier alpha value is -1.64. The summed E-state index contributed by atoms with van der Waals surface area (Å²) in [4.78, 5) is 25.0. The molecule has 0 atom stereocenters. The molecule has 0 radical (unpaired) electrons. The van der Waals surface area contributed by atoms with Gasteiger partial charge in [0, 0.05) is 23.5 Å². The molecule has 0 bridgehead atoms. The van der Waals surface area contributed by atoms with E-state index in [1.165, 1.54) is 0 Å².